The van der Waals surface area contributed by atoms with Crippen molar-refractivity contribution in [3.63, 3.8) is 0 Å². The lowest BCUT2D eigenvalue weighted by Crippen LogP contribution is -2.48. The van der Waals surface area contributed by atoms with Gasteiger partial charge in [0.1, 0.15) is 0 Å². The van der Waals surface area contributed by atoms with Gasteiger partial charge in [-0.1, -0.05) is 42.5 Å². The van der Waals surface area contributed by atoms with Gasteiger partial charge in [-0.25, -0.2) is 8.42 Å². The zero-order chi connectivity index (χ0) is 22.0. The standard InChI is InChI=1S/C24H26N2O4S/c1-17-15-26(16-18(2)30-17)31(28,29)23-9-5-8-21(13-23)24(27)14-25-22-11-10-19-6-3-4-7-20(19)12-22/h3-13,17-18,25H,14-16H2,1-2H3. The lowest BCUT2D eigenvalue weighted by molar-refractivity contribution is -0.0440. The van der Waals surface area contributed by atoms with Gasteiger partial charge in [0.2, 0.25) is 10.0 Å². The molecule has 0 spiro atoms. The van der Waals surface area contributed by atoms with Crippen molar-refractivity contribution in [2.24, 2.45) is 0 Å². The molecule has 1 saturated heterocycles. The summed E-state index contributed by atoms with van der Waals surface area (Å²) in [6.45, 7) is 4.39. The van der Waals surface area contributed by atoms with Gasteiger partial charge in [0.25, 0.3) is 0 Å². The third kappa shape index (κ3) is 4.79. The highest BCUT2D eigenvalue weighted by atomic mass is 32.2. The molecule has 1 aliphatic heterocycles. The highest BCUT2D eigenvalue weighted by Gasteiger charge is 2.32. The SMILES string of the molecule is CC1CN(S(=O)(=O)c2cccc(C(=O)CNc3ccc4ccccc4c3)c2)CC(C)O1. The van der Waals surface area contributed by atoms with Crippen molar-refractivity contribution in [3.05, 3.63) is 72.3 Å². The number of sulfonamides is 1. The first-order valence-electron chi connectivity index (χ1n) is 10.3. The first-order chi connectivity index (χ1) is 14.8. The molecule has 3 aromatic carbocycles. The number of anilines is 1. The number of nitrogens with one attached hydrogen (secondary N) is 1. The van der Waals surface area contributed by atoms with E-state index in [4.69, 9.17) is 4.74 Å². The van der Waals surface area contributed by atoms with Gasteiger partial charge in [-0.3, -0.25) is 4.79 Å². The first kappa shape index (κ1) is 21.5. The van der Waals surface area contributed by atoms with Crippen LogP contribution in [0.4, 0.5) is 5.69 Å². The zero-order valence-electron chi connectivity index (χ0n) is 17.6. The molecule has 1 N–H and O–H groups in total. The van der Waals surface area contributed by atoms with Crippen LogP contribution in [0.1, 0.15) is 24.2 Å². The van der Waals surface area contributed by atoms with Gasteiger partial charge in [-0.05, 0) is 48.9 Å². The molecule has 0 saturated carbocycles. The summed E-state index contributed by atoms with van der Waals surface area (Å²) in [5, 5.41) is 5.36. The second-order valence-electron chi connectivity index (χ2n) is 7.95. The third-order valence-corrected chi connectivity index (χ3v) is 7.21. The minimum absolute atomic E-state index is 0.0768. The van der Waals surface area contributed by atoms with Crippen LogP contribution in [0, 0.1) is 0 Å². The minimum atomic E-state index is -3.69. The summed E-state index contributed by atoms with van der Waals surface area (Å²) in [6.07, 6.45) is -0.344. The average Bonchev–Trinajstić information content (AvgIpc) is 2.76. The molecule has 2 atom stereocenters. The molecular weight excluding hydrogens is 412 g/mol. The lowest BCUT2D eigenvalue weighted by atomic mass is 10.1. The fourth-order valence-electron chi connectivity index (χ4n) is 3.89. The number of ether oxygens (including phenoxy) is 1. The van der Waals surface area contributed by atoms with Crippen molar-refractivity contribution in [3.8, 4) is 0 Å². The Balaban J connectivity index is 1.48. The summed E-state index contributed by atoms with van der Waals surface area (Å²) in [7, 11) is -3.69. The Hall–Kier alpha value is -2.74. The Morgan fingerprint density at radius 2 is 1.68 bits per heavy atom. The number of nitrogens with zero attached hydrogens (tertiary/aromatic N) is 1. The van der Waals surface area contributed by atoms with E-state index in [1.54, 1.807) is 12.1 Å². The predicted octanol–water partition coefficient (Wildman–Crippen LogP) is 3.93. The average molecular weight is 439 g/mol. The summed E-state index contributed by atoms with van der Waals surface area (Å²) in [5.74, 6) is -0.172. The number of ketones is 1. The molecule has 0 bridgehead atoms. The monoisotopic (exact) mass is 438 g/mol. The number of carbonyl (C=O) groups excluding carboxylic acids is 1. The Labute approximate surface area is 182 Å². The molecule has 31 heavy (non-hydrogen) atoms. The van der Waals surface area contributed by atoms with Crippen molar-refractivity contribution < 1.29 is 17.9 Å². The lowest BCUT2D eigenvalue weighted by Gasteiger charge is -2.34. The zero-order valence-corrected chi connectivity index (χ0v) is 18.4. The molecule has 0 aliphatic carbocycles. The van der Waals surface area contributed by atoms with Crippen LogP contribution in [0.15, 0.2) is 71.6 Å². The molecule has 2 unspecified atom stereocenters. The number of hydrogen-bond acceptors (Lipinski definition) is 5. The van der Waals surface area contributed by atoms with Crippen molar-refractivity contribution >= 4 is 32.3 Å². The van der Waals surface area contributed by atoms with E-state index in [2.05, 4.69) is 5.32 Å². The van der Waals surface area contributed by atoms with Crippen LogP contribution in [-0.4, -0.2) is 50.3 Å². The topological polar surface area (TPSA) is 75.7 Å². The predicted molar refractivity (Wildman–Crippen MR) is 122 cm³/mol. The quantitative estimate of drug-likeness (QED) is 0.590. The number of Topliss-reactive ketones (excluding diaryl/α,β-unsaturated/α-hetero) is 1. The van der Waals surface area contributed by atoms with E-state index in [0.29, 0.717) is 18.7 Å². The van der Waals surface area contributed by atoms with Crippen LogP contribution < -0.4 is 5.32 Å². The van der Waals surface area contributed by atoms with Gasteiger partial charge in [-0.2, -0.15) is 4.31 Å². The molecule has 0 aromatic heterocycles. The van der Waals surface area contributed by atoms with Gasteiger partial charge in [0.15, 0.2) is 5.78 Å². The van der Waals surface area contributed by atoms with Gasteiger partial charge in [-0.15, -0.1) is 0 Å². The molecule has 0 amide bonds. The molecular formula is C24H26N2O4S. The fourth-order valence-corrected chi connectivity index (χ4v) is 5.53. The Morgan fingerprint density at radius 3 is 2.42 bits per heavy atom. The molecule has 1 heterocycles. The van der Waals surface area contributed by atoms with Gasteiger partial charge < -0.3 is 10.1 Å². The van der Waals surface area contributed by atoms with Gasteiger partial charge in [0.05, 0.1) is 23.6 Å². The van der Waals surface area contributed by atoms with Crippen LogP contribution in [0.2, 0.25) is 0 Å². The second kappa shape index (κ2) is 8.78. The van der Waals surface area contributed by atoms with Gasteiger partial charge >= 0.3 is 0 Å². The van der Waals surface area contributed by atoms with Crippen LogP contribution in [0.3, 0.4) is 0 Å². The van der Waals surface area contributed by atoms with Crippen molar-refractivity contribution in [1.82, 2.24) is 4.31 Å². The second-order valence-corrected chi connectivity index (χ2v) is 9.88. The van der Waals surface area contributed by atoms with Crippen LogP contribution in [0.5, 0.6) is 0 Å². The molecule has 1 aliphatic rings. The van der Waals surface area contributed by atoms with E-state index in [0.717, 1.165) is 16.5 Å². The summed E-state index contributed by atoms with van der Waals surface area (Å²) >= 11 is 0. The number of benzene rings is 3. The summed E-state index contributed by atoms with van der Waals surface area (Å²) in [6, 6.07) is 20.2. The van der Waals surface area contributed by atoms with Crippen molar-refractivity contribution in [2.45, 2.75) is 31.0 Å². The smallest absolute Gasteiger partial charge is 0.243 e. The highest BCUT2D eigenvalue weighted by molar-refractivity contribution is 7.89. The Morgan fingerprint density at radius 1 is 0.968 bits per heavy atom. The highest BCUT2D eigenvalue weighted by Crippen LogP contribution is 2.23. The number of hydrogen-bond donors (Lipinski definition) is 1. The molecule has 6 nitrogen and oxygen atoms in total. The van der Waals surface area contributed by atoms with E-state index in [-0.39, 0.29) is 29.4 Å². The molecule has 0 radical (unpaired) electrons. The first-order valence-corrected chi connectivity index (χ1v) is 11.8. The number of rotatable bonds is 6. The summed E-state index contributed by atoms with van der Waals surface area (Å²) in [4.78, 5) is 12.9. The Bertz CT molecular complexity index is 1200. The fraction of sp³-hybridized carbons (Fsp3) is 0.292. The van der Waals surface area contributed by atoms with E-state index in [1.807, 2.05) is 56.3 Å². The van der Waals surface area contributed by atoms with Crippen molar-refractivity contribution in [1.29, 1.82) is 0 Å². The van der Waals surface area contributed by atoms with Gasteiger partial charge in [0, 0.05) is 24.3 Å². The van der Waals surface area contributed by atoms with E-state index >= 15 is 0 Å². The third-order valence-electron chi connectivity index (χ3n) is 5.38. The van der Waals surface area contributed by atoms with Crippen molar-refractivity contribution in [2.75, 3.05) is 25.0 Å². The van der Waals surface area contributed by atoms with E-state index in [1.165, 1.54) is 16.4 Å². The Kier molecular flexibility index (Phi) is 6.09. The molecule has 3 aromatic rings. The molecule has 1 fully saturated rings. The van der Waals surface area contributed by atoms with Crippen LogP contribution in [0.25, 0.3) is 10.8 Å². The summed E-state index contributed by atoms with van der Waals surface area (Å²) in [5.41, 5.74) is 1.20. The summed E-state index contributed by atoms with van der Waals surface area (Å²) < 4.78 is 33.3. The molecule has 162 valence electrons. The minimum Gasteiger partial charge on any atom is -0.378 e. The van der Waals surface area contributed by atoms with Crippen LogP contribution in [-0.2, 0) is 14.8 Å². The maximum Gasteiger partial charge on any atom is 0.243 e. The molecule has 7 heteroatoms. The van der Waals surface area contributed by atoms with Crippen LogP contribution >= 0.6 is 0 Å². The maximum atomic E-state index is 13.1. The number of morpholine rings is 1. The van der Waals surface area contributed by atoms with E-state index < -0.39 is 10.0 Å². The number of carbonyl (C=O) groups is 1. The maximum absolute atomic E-state index is 13.1. The molecule has 4 rings (SSSR count). The largest absolute Gasteiger partial charge is 0.378 e. The van der Waals surface area contributed by atoms with E-state index in [9.17, 15) is 13.2 Å². The normalized spacial score (nSPS) is 19.9. The number of fused-ring (bicyclic) bond motifs is 1.